The molecule has 0 fully saturated rings. The van der Waals surface area contributed by atoms with Gasteiger partial charge in [-0.1, -0.05) is 12.1 Å². The van der Waals surface area contributed by atoms with E-state index in [0.717, 1.165) is 0 Å². The van der Waals surface area contributed by atoms with Crippen LogP contribution in [-0.4, -0.2) is 47.6 Å². The molecule has 0 radical (unpaired) electrons. The predicted octanol–water partition coefficient (Wildman–Crippen LogP) is -1.51. The topological polar surface area (TPSA) is 151 Å². The fourth-order valence-corrected chi connectivity index (χ4v) is 2.14. The lowest BCUT2D eigenvalue weighted by Crippen LogP contribution is -2.55. The molecule has 0 saturated heterocycles. The van der Waals surface area contributed by atoms with Crippen molar-refractivity contribution in [1.82, 2.24) is 10.6 Å². The largest absolute Gasteiger partial charge is 0.547 e. The van der Waals surface area contributed by atoms with Gasteiger partial charge < -0.3 is 31.2 Å². The molecule has 1 heterocycles. The number of nitrogens with two attached hydrogens (primary N) is 1. The van der Waals surface area contributed by atoms with Crippen LogP contribution in [0.1, 0.15) is 15.9 Å². The number of hydrogen-bond donors (Lipinski definition) is 5. The summed E-state index contributed by atoms with van der Waals surface area (Å²) in [5.74, 6) is -2.40. The number of carboxylic acids is 1. The van der Waals surface area contributed by atoms with Crippen molar-refractivity contribution < 1.29 is 29.2 Å². The van der Waals surface area contributed by atoms with Gasteiger partial charge in [0.1, 0.15) is 5.75 Å². The average Bonchev–Trinajstić information content (AvgIpc) is 2.45. The van der Waals surface area contributed by atoms with Crippen LogP contribution in [0.4, 0.5) is 4.79 Å². The summed E-state index contributed by atoms with van der Waals surface area (Å²) in [6, 6.07) is 3.72. The van der Waals surface area contributed by atoms with Crippen molar-refractivity contribution >= 4 is 25.0 Å². The van der Waals surface area contributed by atoms with Crippen molar-refractivity contribution in [1.29, 1.82) is 0 Å². The van der Waals surface area contributed by atoms with Crippen LogP contribution in [0.25, 0.3) is 0 Å². The third-order valence-corrected chi connectivity index (χ3v) is 3.12. The summed E-state index contributed by atoms with van der Waals surface area (Å²) in [5.41, 5.74) is 5.35. The van der Waals surface area contributed by atoms with Crippen molar-refractivity contribution in [3.05, 3.63) is 29.3 Å². The molecule has 1 atom stereocenters. The molecule has 2 rings (SSSR count). The van der Waals surface area contributed by atoms with Crippen LogP contribution in [-0.2, 0) is 11.2 Å². The summed E-state index contributed by atoms with van der Waals surface area (Å²) >= 11 is 0. The molecular weight excluding hydrogens is 293 g/mol. The van der Waals surface area contributed by atoms with Crippen LogP contribution >= 0.6 is 0 Å². The van der Waals surface area contributed by atoms with Crippen LogP contribution < -0.4 is 21.0 Å². The number of benzene rings is 1. The van der Waals surface area contributed by atoms with E-state index in [1.54, 1.807) is 12.1 Å². The van der Waals surface area contributed by atoms with E-state index in [1.165, 1.54) is 6.07 Å². The number of fused-ring (bicyclic) bond motifs is 1. The number of rotatable bonds is 4. The van der Waals surface area contributed by atoms with Gasteiger partial charge in [-0.3, -0.25) is 4.79 Å². The van der Waals surface area contributed by atoms with Crippen LogP contribution in [0.3, 0.4) is 0 Å². The van der Waals surface area contributed by atoms with E-state index >= 15 is 0 Å². The van der Waals surface area contributed by atoms with Crippen LogP contribution in [0.2, 0.25) is 0 Å². The van der Waals surface area contributed by atoms with Crippen molar-refractivity contribution in [2.75, 3.05) is 6.54 Å². The van der Waals surface area contributed by atoms with E-state index in [0.29, 0.717) is 5.56 Å². The molecule has 10 heteroatoms. The van der Waals surface area contributed by atoms with E-state index < -0.39 is 31.0 Å². The summed E-state index contributed by atoms with van der Waals surface area (Å²) in [6.45, 7) is -0.333. The summed E-state index contributed by atoms with van der Waals surface area (Å²) in [4.78, 5) is 33.2. The second-order valence-electron chi connectivity index (χ2n) is 4.70. The Bertz CT molecular complexity index is 623. The van der Waals surface area contributed by atoms with E-state index in [9.17, 15) is 19.4 Å². The Labute approximate surface area is 125 Å². The maximum Gasteiger partial charge on any atom is 0.547 e. The Balaban J connectivity index is 2.09. The number of hydrogen-bond acceptors (Lipinski definition) is 5. The van der Waals surface area contributed by atoms with Gasteiger partial charge in [0.25, 0.3) is 0 Å². The molecule has 6 N–H and O–H groups in total. The number of carbonyl (C=O) groups excluding carboxylic acids is 2. The lowest BCUT2D eigenvalue weighted by Gasteiger charge is -2.28. The Kier molecular flexibility index (Phi) is 4.51. The van der Waals surface area contributed by atoms with Gasteiger partial charge in [-0.05, 0) is 18.1 Å². The van der Waals surface area contributed by atoms with Gasteiger partial charge in [0.05, 0.1) is 18.0 Å². The predicted molar refractivity (Wildman–Crippen MR) is 75.2 cm³/mol. The molecular formula is C12H14BN3O6. The van der Waals surface area contributed by atoms with E-state index in [-0.39, 0.29) is 24.3 Å². The SMILES string of the molecule is NC(=O)NCC(=O)NC1Cc2cccc(C(=O)O)c2OB1O. The summed E-state index contributed by atoms with van der Waals surface area (Å²) < 4.78 is 5.21. The highest BCUT2D eigenvalue weighted by molar-refractivity contribution is 6.47. The standard InChI is InChI=1S/C12H14BN3O6/c14-12(20)15-5-9(17)16-8-4-6-2-1-3-7(11(18)19)10(6)22-13(8)21/h1-3,8,21H,4-5H2,(H,16,17)(H,18,19)(H3,14,15,20). The molecule has 22 heavy (non-hydrogen) atoms. The first-order chi connectivity index (χ1) is 10.4. The molecule has 1 aliphatic heterocycles. The molecule has 0 aromatic heterocycles. The number of para-hydroxylation sites is 1. The molecule has 0 spiro atoms. The Morgan fingerprint density at radius 1 is 1.41 bits per heavy atom. The zero-order valence-electron chi connectivity index (χ0n) is 11.4. The quantitative estimate of drug-likeness (QED) is 0.427. The molecule has 0 aliphatic carbocycles. The molecule has 1 aliphatic rings. The van der Waals surface area contributed by atoms with E-state index in [2.05, 4.69) is 10.6 Å². The van der Waals surface area contributed by atoms with Gasteiger partial charge in [-0.2, -0.15) is 0 Å². The van der Waals surface area contributed by atoms with Gasteiger partial charge in [-0.25, -0.2) is 9.59 Å². The smallest absolute Gasteiger partial charge is 0.534 e. The van der Waals surface area contributed by atoms with Crippen LogP contribution in [0.5, 0.6) is 5.75 Å². The molecule has 1 unspecified atom stereocenters. The number of aromatic carboxylic acids is 1. The molecule has 1 aromatic rings. The third kappa shape index (κ3) is 3.47. The first-order valence-corrected chi connectivity index (χ1v) is 6.41. The number of amides is 3. The second-order valence-corrected chi connectivity index (χ2v) is 4.70. The molecule has 9 nitrogen and oxygen atoms in total. The Hall–Kier alpha value is -2.75. The first kappa shape index (κ1) is 15.6. The highest BCUT2D eigenvalue weighted by Crippen LogP contribution is 2.29. The van der Waals surface area contributed by atoms with Crippen molar-refractivity contribution in [3.8, 4) is 5.75 Å². The summed E-state index contributed by atoms with van der Waals surface area (Å²) in [6.07, 6.45) is 0.194. The van der Waals surface area contributed by atoms with E-state index in [1.807, 2.05) is 0 Å². The van der Waals surface area contributed by atoms with Gasteiger partial charge in [-0.15, -0.1) is 0 Å². The van der Waals surface area contributed by atoms with Crippen molar-refractivity contribution in [2.24, 2.45) is 5.73 Å². The maximum atomic E-state index is 11.6. The molecule has 116 valence electrons. The minimum atomic E-state index is -1.40. The lowest BCUT2D eigenvalue weighted by atomic mass is 9.72. The van der Waals surface area contributed by atoms with Crippen molar-refractivity contribution in [2.45, 2.75) is 12.4 Å². The minimum absolute atomic E-state index is 0.0586. The fourth-order valence-electron chi connectivity index (χ4n) is 2.14. The minimum Gasteiger partial charge on any atom is -0.534 e. The maximum absolute atomic E-state index is 11.6. The Morgan fingerprint density at radius 3 is 2.77 bits per heavy atom. The second kappa shape index (κ2) is 6.35. The molecule has 0 bridgehead atoms. The monoisotopic (exact) mass is 307 g/mol. The normalized spacial score (nSPS) is 16.2. The van der Waals surface area contributed by atoms with Gasteiger partial charge in [0.15, 0.2) is 0 Å². The van der Waals surface area contributed by atoms with Crippen LogP contribution in [0.15, 0.2) is 18.2 Å². The third-order valence-electron chi connectivity index (χ3n) is 3.12. The Morgan fingerprint density at radius 2 is 2.14 bits per heavy atom. The highest BCUT2D eigenvalue weighted by atomic mass is 16.5. The molecule has 0 saturated carbocycles. The van der Waals surface area contributed by atoms with Gasteiger partial charge >= 0.3 is 19.1 Å². The van der Waals surface area contributed by atoms with Gasteiger partial charge in [0.2, 0.25) is 5.91 Å². The van der Waals surface area contributed by atoms with Crippen molar-refractivity contribution in [3.63, 3.8) is 0 Å². The number of urea groups is 1. The summed E-state index contributed by atoms with van der Waals surface area (Å²) in [7, 11) is -1.40. The van der Waals surface area contributed by atoms with Crippen LogP contribution in [0, 0.1) is 0 Å². The zero-order valence-corrected chi connectivity index (χ0v) is 11.4. The molecule has 1 aromatic carbocycles. The number of primary amides is 1. The van der Waals surface area contributed by atoms with E-state index in [4.69, 9.17) is 15.5 Å². The zero-order chi connectivity index (χ0) is 16.3. The first-order valence-electron chi connectivity index (χ1n) is 6.41. The molecule has 3 amide bonds. The fraction of sp³-hybridized carbons (Fsp3) is 0.250. The number of carbonyl (C=O) groups is 3. The summed E-state index contributed by atoms with van der Waals surface area (Å²) in [5, 5.41) is 23.6. The number of carboxylic acid groups (broad SMARTS) is 1. The highest BCUT2D eigenvalue weighted by Gasteiger charge is 2.37. The lowest BCUT2D eigenvalue weighted by molar-refractivity contribution is -0.120. The van der Waals surface area contributed by atoms with Gasteiger partial charge in [0, 0.05) is 0 Å². The average molecular weight is 307 g/mol. The number of nitrogens with one attached hydrogen (secondary N) is 2.